The molecule has 0 atom stereocenters. The molecule has 6 aromatic carbocycles. The summed E-state index contributed by atoms with van der Waals surface area (Å²) in [6, 6.07) is 39.0. The maximum absolute atomic E-state index is 3.46. The third-order valence-electron chi connectivity index (χ3n) is 5.79. The number of nitrogens with one attached hydrogen (secondary N) is 1. The van der Waals surface area contributed by atoms with E-state index in [1.807, 2.05) is 18.2 Å². The van der Waals surface area contributed by atoms with Crippen molar-refractivity contribution in [2.75, 3.05) is 5.32 Å². The van der Waals surface area contributed by atoms with E-state index in [-0.39, 0.29) is 0 Å². The molecule has 0 aliphatic rings. The first-order chi connectivity index (χ1) is 14.4. The summed E-state index contributed by atoms with van der Waals surface area (Å²) in [5.41, 5.74) is 4.71. The lowest BCUT2D eigenvalue weighted by Crippen LogP contribution is -1.90. The van der Waals surface area contributed by atoms with E-state index >= 15 is 0 Å². The molecule has 0 radical (unpaired) electrons. The van der Waals surface area contributed by atoms with E-state index in [2.05, 4.69) is 96.3 Å². The molecule has 1 N–H and O–H groups in total. The molecule has 0 spiro atoms. The maximum Gasteiger partial charge on any atom is 0.0384 e. The largest absolute Gasteiger partial charge is 0.356 e. The predicted molar refractivity (Wildman–Crippen MR) is 125 cm³/mol. The first-order valence-electron chi connectivity index (χ1n) is 9.96. The minimum Gasteiger partial charge on any atom is -0.356 e. The van der Waals surface area contributed by atoms with Crippen LogP contribution < -0.4 is 5.32 Å². The average Bonchev–Trinajstić information content (AvgIpc) is 2.79. The standard InChI is InChI=1S/C28H19N/c1-2-7-23(8-3-1)29-24-15-11-19(12-16-24)25-17-13-22-10-9-20-5-4-6-21-14-18-26(25)28(22)27(20)21/h1-18,29H. The molecule has 0 amide bonds. The van der Waals surface area contributed by atoms with Crippen molar-refractivity contribution in [2.45, 2.75) is 0 Å². The monoisotopic (exact) mass is 369 g/mol. The molecule has 136 valence electrons. The smallest absolute Gasteiger partial charge is 0.0384 e. The van der Waals surface area contributed by atoms with Gasteiger partial charge >= 0.3 is 0 Å². The summed E-state index contributed by atoms with van der Waals surface area (Å²) >= 11 is 0. The van der Waals surface area contributed by atoms with Crippen LogP contribution in [0.2, 0.25) is 0 Å². The van der Waals surface area contributed by atoms with Crippen molar-refractivity contribution in [1.29, 1.82) is 0 Å². The SMILES string of the molecule is c1ccc(Nc2ccc(-c3ccc4ccc5cccc6ccc3c4c56)cc2)cc1. The van der Waals surface area contributed by atoms with Gasteiger partial charge in [-0.05, 0) is 67.7 Å². The molecule has 0 unspecified atom stereocenters. The van der Waals surface area contributed by atoms with Gasteiger partial charge in [-0.1, -0.05) is 84.9 Å². The van der Waals surface area contributed by atoms with Gasteiger partial charge in [0.05, 0.1) is 0 Å². The Morgan fingerprint density at radius 1 is 0.414 bits per heavy atom. The second kappa shape index (κ2) is 6.35. The van der Waals surface area contributed by atoms with Crippen LogP contribution in [-0.4, -0.2) is 0 Å². The van der Waals surface area contributed by atoms with Crippen LogP contribution in [0.15, 0.2) is 109 Å². The molecule has 0 fully saturated rings. The molecule has 6 aromatic rings. The van der Waals surface area contributed by atoms with Crippen molar-refractivity contribution >= 4 is 43.7 Å². The second-order valence-corrected chi connectivity index (χ2v) is 7.54. The Bertz CT molecular complexity index is 1430. The first kappa shape index (κ1) is 16.1. The van der Waals surface area contributed by atoms with Crippen LogP contribution in [0, 0.1) is 0 Å². The Hall–Kier alpha value is -3.84. The van der Waals surface area contributed by atoms with Crippen LogP contribution in [0.5, 0.6) is 0 Å². The molecular formula is C28H19N. The van der Waals surface area contributed by atoms with E-state index in [1.54, 1.807) is 0 Å². The van der Waals surface area contributed by atoms with Gasteiger partial charge in [0.1, 0.15) is 0 Å². The van der Waals surface area contributed by atoms with E-state index in [9.17, 15) is 0 Å². The molecule has 0 bridgehead atoms. The predicted octanol–water partition coefficient (Wildman–Crippen LogP) is 7.99. The molecule has 0 heterocycles. The lowest BCUT2D eigenvalue weighted by atomic mass is 9.90. The van der Waals surface area contributed by atoms with Crippen LogP contribution in [0.3, 0.4) is 0 Å². The van der Waals surface area contributed by atoms with Crippen LogP contribution in [0.4, 0.5) is 11.4 Å². The fourth-order valence-electron chi connectivity index (χ4n) is 4.41. The summed E-state index contributed by atoms with van der Waals surface area (Å²) in [6.45, 7) is 0. The Morgan fingerprint density at radius 3 is 1.79 bits per heavy atom. The van der Waals surface area contributed by atoms with Crippen LogP contribution in [-0.2, 0) is 0 Å². The first-order valence-corrected chi connectivity index (χ1v) is 9.96. The fourth-order valence-corrected chi connectivity index (χ4v) is 4.41. The van der Waals surface area contributed by atoms with Gasteiger partial charge in [-0.2, -0.15) is 0 Å². The third-order valence-corrected chi connectivity index (χ3v) is 5.79. The Balaban J connectivity index is 1.49. The molecule has 0 aliphatic heterocycles. The highest BCUT2D eigenvalue weighted by atomic mass is 14.9. The number of para-hydroxylation sites is 1. The quantitative estimate of drug-likeness (QED) is 0.312. The average molecular weight is 369 g/mol. The lowest BCUT2D eigenvalue weighted by Gasteiger charge is -2.14. The van der Waals surface area contributed by atoms with Crippen molar-refractivity contribution in [3.05, 3.63) is 109 Å². The van der Waals surface area contributed by atoms with Crippen molar-refractivity contribution in [2.24, 2.45) is 0 Å². The molecule has 0 saturated carbocycles. The molecular weight excluding hydrogens is 350 g/mol. The van der Waals surface area contributed by atoms with E-state index in [0.717, 1.165) is 11.4 Å². The summed E-state index contributed by atoms with van der Waals surface area (Å²) in [5, 5.41) is 11.4. The lowest BCUT2D eigenvalue weighted by molar-refractivity contribution is 1.55. The van der Waals surface area contributed by atoms with Gasteiger partial charge in [-0.25, -0.2) is 0 Å². The van der Waals surface area contributed by atoms with Crippen LogP contribution in [0.1, 0.15) is 0 Å². The topological polar surface area (TPSA) is 12.0 Å². The second-order valence-electron chi connectivity index (χ2n) is 7.54. The third kappa shape index (κ3) is 2.63. The van der Waals surface area contributed by atoms with E-state index < -0.39 is 0 Å². The van der Waals surface area contributed by atoms with Gasteiger partial charge in [-0.3, -0.25) is 0 Å². The summed E-state index contributed by atoms with van der Waals surface area (Å²) < 4.78 is 0. The van der Waals surface area contributed by atoms with Crippen molar-refractivity contribution in [3.63, 3.8) is 0 Å². The van der Waals surface area contributed by atoms with Gasteiger partial charge in [0, 0.05) is 11.4 Å². The fraction of sp³-hybridized carbons (Fsp3) is 0. The van der Waals surface area contributed by atoms with E-state index in [4.69, 9.17) is 0 Å². The number of rotatable bonds is 3. The van der Waals surface area contributed by atoms with Gasteiger partial charge in [0.2, 0.25) is 0 Å². The highest BCUT2D eigenvalue weighted by molar-refractivity contribution is 6.25. The van der Waals surface area contributed by atoms with Crippen molar-refractivity contribution in [1.82, 2.24) is 0 Å². The Kier molecular flexibility index (Phi) is 3.54. The number of hydrogen-bond donors (Lipinski definition) is 1. The van der Waals surface area contributed by atoms with Crippen LogP contribution in [0.25, 0.3) is 43.4 Å². The van der Waals surface area contributed by atoms with E-state index in [1.165, 1.54) is 43.4 Å². The molecule has 0 saturated heterocycles. The number of hydrogen-bond acceptors (Lipinski definition) is 1. The molecule has 1 heteroatoms. The number of benzene rings is 6. The zero-order chi connectivity index (χ0) is 19.2. The summed E-state index contributed by atoms with van der Waals surface area (Å²) in [7, 11) is 0. The number of anilines is 2. The highest BCUT2D eigenvalue weighted by Gasteiger charge is 2.11. The molecule has 1 nitrogen and oxygen atoms in total. The Labute approximate surface area is 169 Å². The summed E-state index contributed by atoms with van der Waals surface area (Å²) in [5.74, 6) is 0. The minimum atomic E-state index is 1.10. The van der Waals surface area contributed by atoms with Gasteiger partial charge in [-0.15, -0.1) is 0 Å². The normalized spacial score (nSPS) is 11.4. The van der Waals surface area contributed by atoms with Crippen LogP contribution >= 0.6 is 0 Å². The van der Waals surface area contributed by atoms with Gasteiger partial charge in [0.15, 0.2) is 0 Å². The van der Waals surface area contributed by atoms with Crippen molar-refractivity contribution < 1.29 is 0 Å². The molecule has 0 aliphatic carbocycles. The molecule has 29 heavy (non-hydrogen) atoms. The highest BCUT2D eigenvalue weighted by Crippen LogP contribution is 2.39. The molecule has 6 rings (SSSR count). The van der Waals surface area contributed by atoms with Crippen molar-refractivity contribution in [3.8, 4) is 11.1 Å². The summed E-state index contributed by atoms with van der Waals surface area (Å²) in [4.78, 5) is 0. The Morgan fingerprint density at radius 2 is 1.03 bits per heavy atom. The summed E-state index contributed by atoms with van der Waals surface area (Å²) in [6.07, 6.45) is 0. The molecule has 0 aromatic heterocycles. The van der Waals surface area contributed by atoms with E-state index in [0.29, 0.717) is 0 Å². The maximum atomic E-state index is 3.46. The zero-order valence-corrected chi connectivity index (χ0v) is 15.9. The van der Waals surface area contributed by atoms with Gasteiger partial charge in [0.25, 0.3) is 0 Å². The minimum absolute atomic E-state index is 1.10. The van der Waals surface area contributed by atoms with Gasteiger partial charge < -0.3 is 5.32 Å². The zero-order valence-electron chi connectivity index (χ0n) is 15.9.